The van der Waals surface area contributed by atoms with Gasteiger partial charge in [0.1, 0.15) is 0 Å². The summed E-state index contributed by atoms with van der Waals surface area (Å²) in [6.45, 7) is 3.97. The summed E-state index contributed by atoms with van der Waals surface area (Å²) in [5.74, 6) is 0.372. The Kier molecular flexibility index (Phi) is 4.66. The normalized spacial score (nSPS) is 11.3. The zero-order chi connectivity index (χ0) is 19.0. The number of aromatic amines is 1. The van der Waals surface area contributed by atoms with Gasteiger partial charge in [0, 0.05) is 11.8 Å². The molecule has 3 heterocycles. The average Bonchev–Trinajstić information content (AvgIpc) is 3.22. The van der Waals surface area contributed by atoms with Gasteiger partial charge in [-0.05, 0) is 31.0 Å². The third-order valence-corrected chi connectivity index (χ3v) is 5.80. The van der Waals surface area contributed by atoms with Crippen LogP contribution in [0.25, 0.3) is 16.0 Å². The first kappa shape index (κ1) is 17.7. The van der Waals surface area contributed by atoms with Crippen molar-refractivity contribution in [3.63, 3.8) is 0 Å². The zero-order valence-corrected chi connectivity index (χ0v) is 16.3. The van der Waals surface area contributed by atoms with Gasteiger partial charge in [0.15, 0.2) is 10.3 Å². The molecule has 0 radical (unpaired) electrons. The molecule has 138 valence electrons. The Morgan fingerprint density at radius 3 is 3.00 bits per heavy atom. The van der Waals surface area contributed by atoms with Gasteiger partial charge in [-0.25, -0.2) is 4.98 Å². The van der Waals surface area contributed by atoms with Crippen molar-refractivity contribution in [3.05, 3.63) is 45.9 Å². The standard InChI is InChI=1S/C17H16N6O2S2/c1-3-10-7-13(24)19-15-21-22-17(23(10)15)26-8-14(25)20-16-18-11-5-4-9(2)6-12(11)27-16/h4-7H,3,8H2,1-2H3,(H,18,20,25)(H,19,21,24). The average molecular weight is 400 g/mol. The minimum atomic E-state index is -0.216. The number of aryl methyl sites for hydroxylation is 2. The Hall–Kier alpha value is -2.72. The van der Waals surface area contributed by atoms with Crippen molar-refractivity contribution in [1.82, 2.24) is 24.6 Å². The summed E-state index contributed by atoms with van der Waals surface area (Å²) >= 11 is 2.71. The quantitative estimate of drug-likeness (QED) is 0.499. The van der Waals surface area contributed by atoms with Crippen LogP contribution < -0.4 is 10.9 Å². The van der Waals surface area contributed by atoms with E-state index in [4.69, 9.17) is 0 Å². The van der Waals surface area contributed by atoms with E-state index in [9.17, 15) is 9.59 Å². The number of benzene rings is 1. The highest BCUT2D eigenvalue weighted by molar-refractivity contribution is 7.99. The molecule has 4 rings (SSSR count). The number of hydrogen-bond donors (Lipinski definition) is 2. The zero-order valence-electron chi connectivity index (χ0n) is 14.6. The highest BCUT2D eigenvalue weighted by Gasteiger charge is 2.14. The Morgan fingerprint density at radius 1 is 1.33 bits per heavy atom. The number of thiazole rings is 1. The molecule has 0 aliphatic heterocycles. The smallest absolute Gasteiger partial charge is 0.252 e. The van der Waals surface area contributed by atoms with Gasteiger partial charge in [0.05, 0.1) is 16.0 Å². The van der Waals surface area contributed by atoms with Gasteiger partial charge in [0.2, 0.25) is 11.7 Å². The number of thioether (sulfide) groups is 1. The number of fused-ring (bicyclic) bond motifs is 2. The second-order valence-electron chi connectivity index (χ2n) is 5.95. The number of carbonyl (C=O) groups excluding carboxylic acids is 1. The molecule has 0 saturated carbocycles. The van der Waals surface area contributed by atoms with Gasteiger partial charge < -0.3 is 5.32 Å². The van der Waals surface area contributed by atoms with Crippen LogP contribution in [0.2, 0.25) is 0 Å². The molecule has 10 heteroatoms. The summed E-state index contributed by atoms with van der Waals surface area (Å²) in [6, 6.07) is 7.51. The molecule has 0 aliphatic rings. The van der Waals surface area contributed by atoms with Crippen molar-refractivity contribution < 1.29 is 4.79 Å². The van der Waals surface area contributed by atoms with Gasteiger partial charge in [0.25, 0.3) is 5.56 Å². The van der Waals surface area contributed by atoms with E-state index in [2.05, 4.69) is 25.5 Å². The minimum Gasteiger partial charge on any atom is -0.301 e. The largest absolute Gasteiger partial charge is 0.301 e. The first-order valence-corrected chi connectivity index (χ1v) is 10.1. The summed E-state index contributed by atoms with van der Waals surface area (Å²) in [4.78, 5) is 31.0. The third-order valence-electron chi connectivity index (χ3n) is 3.94. The Bertz CT molecular complexity index is 1210. The van der Waals surface area contributed by atoms with Crippen molar-refractivity contribution in [3.8, 4) is 0 Å². The molecule has 1 aromatic carbocycles. The lowest BCUT2D eigenvalue weighted by atomic mass is 10.2. The van der Waals surface area contributed by atoms with Crippen LogP contribution in [0.4, 0.5) is 5.13 Å². The molecule has 4 aromatic rings. The fourth-order valence-corrected chi connectivity index (χ4v) is 4.44. The van der Waals surface area contributed by atoms with Gasteiger partial charge in [-0.1, -0.05) is 36.1 Å². The molecule has 8 nitrogen and oxygen atoms in total. The molecule has 1 amide bonds. The third kappa shape index (κ3) is 3.58. The van der Waals surface area contributed by atoms with Crippen molar-refractivity contribution in [2.24, 2.45) is 0 Å². The van der Waals surface area contributed by atoms with E-state index in [0.717, 1.165) is 21.5 Å². The number of hydrogen-bond acceptors (Lipinski definition) is 7. The van der Waals surface area contributed by atoms with Crippen LogP contribution in [0.1, 0.15) is 18.2 Å². The number of nitrogens with zero attached hydrogens (tertiary/aromatic N) is 4. The van der Waals surface area contributed by atoms with E-state index in [1.54, 1.807) is 4.40 Å². The van der Waals surface area contributed by atoms with Crippen LogP contribution in [0.3, 0.4) is 0 Å². The molecule has 0 unspecified atom stereocenters. The van der Waals surface area contributed by atoms with Gasteiger partial charge >= 0.3 is 0 Å². The maximum Gasteiger partial charge on any atom is 0.252 e. The number of anilines is 1. The van der Waals surface area contributed by atoms with Crippen molar-refractivity contribution >= 4 is 50.1 Å². The lowest BCUT2D eigenvalue weighted by Gasteiger charge is -2.04. The number of aromatic nitrogens is 5. The Morgan fingerprint density at radius 2 is 2.19 bits per heavy atom. The summed E-state index contributed by atoms with van der Waals surface area (Å²) in [5.41, 5.74) is 2.60. The maximum absolute atomic E-state index is 12.3. The van der Waals surface area contributed by atoms with Crippen LogP contribution in [-0.2, 0) is 11.2 Å². The maximum atomic E-state index is 12.3. The second kappa shape index (κ2) is 7.12. The van der Waals surface area contributed by atoms with E-state index in [1.807, 2.05) is 32.0 Å². The first-order valence-electron chi connectivity index (χ1n) is 8.30. The molecular formula is C17H16N6O2S2. The summed E-state index contributed by atoms with van der Waals surface area (Å²) in [6.07, 6.45) is 0.656. The van der Waals surface area contributed by atoms with E-state index < -0.39 is 0 Å². The van der Waals surface area contributed by atoms with Crippen LogP contribution in [0, 0.1) is 6.92 Å². The van der Waals surface area contributed by atoms with Crippen LogP contribution >= 0.6 is 23.1 Å². The van der Waals surface area contributed by atoms with Crippen molar-refractivity contribution in [1.29, 1.82) is 0 Å². The van der Waals surface area contributed by atoms with Gasteiger partial charge in [-0.3, -0.25) is 19.0 Å². The molecule has 0 atom stereocenters. The fourth-order valence-electron chi connectivity index (χ4n) is 2.70. The van der Waals surface area contributed by atoms with Crippen LogP contribution in [0.15, 0.2) is 34.2 Å². The first-order chi connectivity index (χ1) is 13.0. The number of nitrogens with one attached hydrogen (secondary N) is 2. The minimum absolute atomic E-state index is 0.165. The van der Waals surface area contributed by atoms with E-state index in [0.29, 0.717) is 22.5 Å². The van der Waals surface area contributed by atoms with Crippen LogP contribution in [-0.4, -0.2) is 36.2 Å². The molecular weight excluding hydrogens is 384 g/mol. The topological polar surface area (TPSA) is 105 Å². The van der Waals surface area contributed by atoms with Crippen molar-refractivity contribution in [2.45, 2.75) is 25.4 Å². The fraction of sp³-hybridized carbons (Fsp3) is 0.235. The molecule has 3 aromatic heterocycles. The number of H-pyrrole nitrogens is 1. The predicted octanol–water partition coefficient (Wildman–Crippen LogP) is 2.63. The number of rotatable bonds is 5. The highest BCUT2D eigenvalue weighted by Crippen LogP contribution is 2.27. The predicted molar refractivity (Wildman–Crippen MR) is 107 cm³/mol. The highest BCUT2D eigenvalue weighted by atomic mass is 32.2. The molecule has 0 saturated heterocycles. The Labute approximate surface area is 162 Å². The molecule has 0 aliphatic carbocycles. The van der Waals surface area contributed by atoms with Gasteiger partial charge in [-0.2, -0.15) is 0 Å². The summed E-state index contributed by atoms with van der Waals surface area (Å²) in [5, 5.41) is 12.0. The second-order valence-corrected chi connectivity index (χ2v) is 7.92. The molecule has 0 bridgehead atoms. The van der Waals surface area contributed by atoms with Crippen molar-refractivity contribution in [2.75, 3.05) is 11.1 Å². The van der Waals surface area contributed by atoms with Crippen LogP contribution in [0.5, 0.6) is 0 Å². The molecule has 0 fully saturated rings. The molecule has 2 N–H and O–H groups in total. The van der Waals surface area contributed by atoms with E-state index in [1.165, 1.54) is 29.2 Å². The SMILES string of the molecule is CCc1cc(=O)[nH]c2nnc(SCC(=O)Nc3nc4ccc(C)cc4s3)n12. The number of carbonyl (C=O) groups is 1. The number of amides is 1. The van der Waals surface area contributed by atoms with E-state index in [-0.39, 0.29) is 17.2 Å². The molecule has 27 heavy (non-hydrogen) atoms. The lowest BCUT2D eigenvalue weighted by molar-refractivity contribution is -0.113. The Balaban J connectivity index is 1.49. The van der Waals surface area contributed by atoms with Gasteiger partial charge in [-0.15, -0.1) is 10.2 Å². The monoisotopic (exact) mass is 400 g/mol. The lowest BCUT2D eigenvalue weighted by Crippen LogP contribution is -2.15. The molecule has 0 spiro atoms. The summed E-state index contributed by atoms with van der Waals surface area (Å²) < 4.78 is 2.80. The van der Waals surface area contributed by atoms with E-state index >= 15 is 0 Å². The summed E-state index contributed by atoms with van der Waals surface area (Å²) in [7, 11) is 0.